The second kappa shape index (κ2) is 10.5. The van der Waals surface area contributed by atoms with Crippen molar-refractivity contribution in [3.63, 3.8) is 0 Å². The summed E-state index contributed by atoms with van der Waals surface area (Å²) in [5.74, 6) is 0. The predicted octanol–water partition coefficient (Wildman–Crippen LogP) is 9.73. The van der Waals surface area contributed by atoms with E-state index >= 15 is 0 Å². The van der Waals surface area contributed by atoms with Crippen molar-refractivity contribution >= 4 is 41.2 Å². The molecule has 4 aromatic rings. The van der Waals surface area contributed by atoms with Gasteiger partial charge in [-0.2, -0.15) is 0 Å². The molecule has 0 aromatic heterocycles. The first kappa shape index (κ1) is 21.5. The maximum Gasteiger partial charge on any atom is 0.0191 e. The molecule has 0 unspecified atom stereocenters. The summed E-state index contributed by atoms with van der Waals surface area (Å²) >= 11 is 0. The average Bonchev–Trinajstić information content (AvgIpc) is 2.78. The lowest BCUT2D eigenvalue weighted by atomic mass is 10.0. The summed E-state index contributed by atoms with van der Waals surface area (Å²) in [6.07, 6.45) is 0. The Balaban J connectivity index is 1.28. The monoisotopic (exact) mass is 462 g/mol. The number of hydrogen-bond acceptors (Lipinski definition) is 4. The summed E-state index contributed by atoms with van der Waals surface area (Å²) in [7, 11) is 7.23. The van der Waals surface area contributed by atoms with Crippen LogP contribution in [-0.2, 0) is 0 Å². The van der Waals surface area contributed by atoms with Crippen LogP contribution in [0.5, 0.6) is 0 Å². The zero-order chi connectivity index (χ0) is 20.8. The van der Waals surface area contributed by atoms with Gasteiger partial charge in [-0.25, -0.2) is 0 Å². The van der Waals surface area contributed by atoms with Crippen LogP contribution < -0.4 is 0 Å². The molecule has 0 aliphatic heterocycles. The molecule has 30 heavy (non-hydrogen) atoms. The van der Waals surface area contributed by atoms with Crippen molar-refractivity contribution in [2.24, 2.45) is 0 Å². The molecule has 0 spiro atoms. The van der Waals surface area contributed by atoms with E-state index in [4.69, 9.17) is 0 Å². The fourth-order valence-electron chi connectivity index (χ4n) is 3.28. The quantitative estimate of drug-likeness (QED) is 0.198. The van der Waals surface area contributed by atoms with E-state index in [0.29, 0.717) is 0 Å². The predicted molar refractivity (Wildman–Crippen MR) is 140 cm³/mol. The lowest BCUT2D eigenvalue weighted by Gasteiger charge is -2.07. The van der Waals surface area contributed by atoms with Gasteiger partial charge < -0.3 is 0 Å². The number of hydrogen-bond donors (Lipinski definition) is 0. The molecule has 4 aromatic carbocycles. The van der Waals surface area contributed by atoms with E-state index in [1.54, 1.807) is 19.7 Å². The summed E-state index contributed by atoms with van der Waals surface area (Å²) in [6.45, 7) is 4.32. The first-order valence-electron chi connectivity index (χ1n) is 9.71. The summed E-state index contributed by atoms with van der Waals surface area (Å²) in [4.78, 5) is 2.56. The largest absolute Gasteiger partial charge is 0.0620 e. The van der Waals surface area contributed by atoms with Gasteiger partial charge in [0.15, 0.2) is 0 Å². The minimum absolute atomic E-state index is 1.28. The molecular weight excluding hydrogens is 441 g/mol. The van der Waals surface area contributed by atoms with Crippen molar-refractivity contribution in [2.45, 2.75) is 23.6 Å². The first-order chi connectivity index (χ1) is 14.7. The normalized spacial score (nSPS) is 10.9. The third-order valence-electron chi connectivity index (χ3n) is 4.91. The van der Waals surface area contributed by atoms with Gasteiger partial charge in [-0.1, -0.05) is 72.8 Å². The van der Waals surface area contributed by atoms with E-state index in [2.05, 4.69) is 111 Å². The van der Waals surface area contributed by atoms with Gasteiger partial charge in [0.05, 0.1) is 0 Å². The van der Waals surface area contributed by atoms with Crippen molar-refractivity contribution in [3.8, 4) is 22.3 Å². The van der Waals surface area contributed by atoms with E-state index in [1.807, 2.05) is 21.6 Å². The minimum atomic E-state index is 1.28. The highest BCUT2D eigenvalue weighted by Gasteiger charge is 2.04. The molecule has 4 heteroatoms. The van der Waals surface area contributed by atoms with Crippen molar-refractivity contribution in [2.75, 3.05) is 0 Å². The second-order valence-corrected chi connectivity index (χ2v) is 12.8. The van der Waals surface area contributed by atoms with Gasteiger partial charge in [0.1, 0.15) is 0 Å². The molecule has 150 valence electrons. The van der Waals surface area contributed by atoms with Crippen LogP contribution in [-0.4, -0.2) is 0 Å². The standard InChI is InChI=1S/C26H22S4/c1-19-7-3-5-9-25(19)21-11-15-23(16-12-21)27-29-30-28-24-17-13-22(14-18-24)26-10-6-4-8-20(26)2/h3-18H,1-2H3. The fourth-order valence-corrected chi connectivity index (χ4v) is 8.71. The first-order valence-corrected chi connectivity index (χ1v) is 14.5. The Bertz CT molecular complexity index is 1010. The molecule has 0 aliphatic rings. The van der Waals surface area contributed by atoms with E-state index < -0.39 is 0 Å². The van der Waals surface area contributed by atoms with Crippen molar-refractivity contribution < 1.29 is 0 Å². The maximum absolute atomic E-state index is 2.22. The van der Waals surface area contributed by atoms with Crippen LogP contribution in [0, 0.1) is 13.8 Å². The van der Waals surface area contributed by atoms with Gasteiger partial charge >= 0.3 is 0 Å². The second-order valence-electron chi connectivity index (χ2n) is 6.98. The van der Waals surface area contributed by atoms with Crippen LogP contribution >= 0.6 is 41.2 Å². The molecule has 0 fully saturated rings. The Kier molecular flexibility index (Phi) is 7.56. The molecule has 0 aliphatic carbocycles. The average molecular weight is 463 g/mol. The van der Waals surface area contributed by atoms with Gasteiger partial charge in [0.2, 0.25) is 0 Å². The molecule has 0 saturated carbocycles. The minimum Gasteiger partial charge on any atom is -0.0620 e. The highest BCUT2D eigenvalue weighted by Crippen LogP contribution is 2.49. The Labute approximate surface area is 194 Å². The van der Waals surface area contributed by atoms with Crippen LogP contribution in [0.2, 0.25) is 0 Å². The van der Waals surface area contributed by atoms with E-state index in [1.165, 1.54) is 43.2 Å². The number of rotatable bonds is 7. The smallest absolute Gasteiger partial charge is 0.0191 e. The van der Waals surface area contributed by atoms with Crippen LogP contribution in [0.1, 0.15) is 11.1 Å². The zero-order valence-electron chi connectivity index (χ0n) is 16.9. The molecule has 0 nitrogen and oxygen atoms in total. The molecule has 4 rings (SSSR count). The van der Waals surface area contributed by atoms with E-state index in [-0.39, 0.29) is 0 Å². The lowest BCUT2D eigenvalue weighted by Crippen LogP contribution is -1.82. The molecule has 0 amide bonds. The molecule has 0 saturated heterocycles. The SMILES string of the molecule is Cc1ccccc1-c1ccc(SSSSc2ccc(-c3ccccc3C)cc2)cc1. The Morgan fingerprint density at radius 1 is 0.433 bits per heavy atom. The lowest BCUT2D eigenvalue weighted by molar-refractivity contribution is 1.42. The number of benzene rings is 4. The summed E-state index contributed by atoms with van der Waals surface area (Å²) < 4.78 is 0. The summed E-state index contributed by atoms with van der Waals surface area (Å²) in [5.41, 5.74) is 7.79. The van der Waals surface area contributed by atoms with E-state index in [9.17, 15) is 0 Å². The van der Waals surface area contributed by atoms with Crippen molar-refractivity contribution in [3.05, 3.63) is 108 Å². The molecule has 0 bridgehead atoms. The highest BCUT2D eigenvalue weighted by atomic mass is 33.7. The van der Waals surface area contributed by atoms with Crippen molar-refractivity contribution in [1.82, 2.24) is 0 Å². The molecule has 0 atom stereocenters. The van der Waals surface area contributed by atoms with Gasteiger partial charge in [-0.15, -0.1) is 0 Å². The van der Waals surface area contributed by atoms with Crippen molar-refractivity contribution in [1.29, 1.82) is 0 Å². The highest BCUT2D eigenvalue weighted by molar-refractivity contribution is 9.26. The molecule has 0 N–H and O–H groups in total. The number of aryl methyl sites for hydroxylation is 2. The van der Waals surface area contributed by atoms with Crippen LogP contribution in [0.4, 0.5) is 0 Å². The van der Waals surface area contributed by atoms with Gasteiger partial charge in [-0.3, -0.25) is 0 Å². The molecule has 0 radical (unpaired) electrons. The van der Waals surface area contributed by atoms with Gasteiger partial charge in [0.25, 0.3) is 0 Å². The topological polar surface area (TPSA) is 0 Å². The summed E-state index contributed by atoms with van der Waals surface area (Å²) in [5, 5.41) is 0. The Hall–Kier alpha value is -1.72. The summed E-state index contributed by atoms with van der Waals surface area (Å²) in [6, 6.07) is 34.8. The third kappa shape index (κ3) is 5.50. The van der Waals surface area contributed by atoms with Gasteiger partial charge in [-0.05, 0) is 113 Å². The van der Waals surface area contributed by atoms with E-state index in [0.717, 1.165) is 0 Å². The van der Waals surface area contributed by atoms with Gasteiger partial charge in [0, 0.05) is 9.79 Å². The maximum atomic E-state index is 2.22. The fraction of sp³-hybridized carbons (Fsp3) is 0.0769. The molecular formula is C26H22S4. The zero-order valence-corrected chi connectivity index (χ0v) is 20.1. The Morgan fingerprint density at radius 3 is 1.17 bits per heavy atom. The van der Waals surface area contributed by atoms with Crippen LogP contribution in [0.3, 0.4) is 0 Å². The van der Waals surface area contributed by atoms with Crippen LogP contribution in [0.25, 0.3) is 22.3 Å². The van der Waals surface area contributed by atoms with Crippen LogP contribution in [0.15, 0.2) is 107 Å². The Morgan fingerprint density at radius 2 is 0.800 bits per heavy atom. The third-order valence-corrected chi connectivity index (χ3v) is 11.0. The molecule has 0 heterocycles.